The molecule has 2 aromatic carbocycles. The van der Waals surface area contributed by atoms with Crippen molar-refractivity contribution in [3.63, 3.8) is 0 Å². The van der Waals surface area contributed by atoms with Gasteiger partial charge in [0.15, 0.2) is 0 Å². The van der Waals surface area contributed by atoms with Crippen molar-refractivity contribution in [3.05, 3.63) is 65.7 Å². The Morgan fingerprint density at radius 2 is 1.63 bits per heavy atom. The first-order valence-electron chi connectivity index (χ1n) is 9.05. The van der Waals surface area contributed by atoms with Crippen LogP contribution in [0.1, 0.15) is 23.6 Å². The van der Waals surface area contributed by atoms with E-state index in [1.165, 1.54) is 4.31 Å². The Morgan fingerprint density at radius 3 is 2.26 bits per heavy atom. The number of benzene rings is 2. The van der Waals surface area contributed by atoms with E-state index in [1.807, 2.05) is 42.2 Å². The molecule has 0 aromatic heterocycles. The zero-order chi connectivity index (χ0) is 19.4. The first-order valence-corrected chi connectivity index (χ1v) is 10.5. The molecule has 0 radical (unpaired) electrons. The molecule has 0 aliphatic carbocycles. The second-order valence-electron chi connectivity index (χ2n) is 6.82. The third-order valence-corrected chi connectivity index (χ3v) is 6.81. The van der Waals surface area contributed by atoms with Crippen molar-refractivity contribution in [2.24, 2.45) is 5.73 Å². The largest absolute Gasteiger partial charge is 0.368 e. The Labute approximate surface area is 160 Å². The molecule has 0 bridgehead atoms. The maximum absolute atomic E-state index is 12.9. The maximum Gasteiger partial charge on any atom is 0.243 e. The van der Waals surface area contributed by atoms with Gasteiger partial charge in [0.25, 0.3) is 0 Å². The zero-order valence-electron chi connectivity index (χ0n) is 15.4. The predicted octanol–water partition coefficient (Wildman–Crippen LogP) is 1.92. The van der Waals surface area contributed by atoms with Crippen LogP contribution in [0.4, 0.5) is 0 Å². The monoisotopic (exact) mass is 387 g/mol. The standard InChI is InChI=1S/C20H25N3O3S/c1-16-8-10-18(11-9-16)27(25,26)23-13-5-12-22(14-15-23)19(20(21)24)17-6-3-2-4-7-17/h2-4,6-11,19H,5,12-15H2,1H3,(H2,21,24)/t19-/m1/s1. The Kier molecular flexibility index (Phi) is 5.94. The van der Waals surface area contributed by atoms with Crippen molar-refractivity contribution >= 4 is 15.9 Å². The van der Waals surface area contributed by atoms with E-state index in [4.69, 9.17) is 5.73 Å². The molecule has 2 N–H and O–H groups in total. The zero-order valence-corrected chi connectivity index (χ0v) is 16.2. The highest BCUT2D eigenvalue weighted by atomic mass is 32.2. The highest BCUT2D eigenvalue weighted by Crippen LogP contribution is 2.24. The van der Waals surface area contributed by atoms with Crippen LogP contribution < -0.4 is 5.73 Å². The van der Waals surface area contributed by atoms with Gasteiger partial charge in [0.1, 0.15) is 6.04 Å². The lowest BCUT2D eigenvalue weighted by molar-refractivity contribution is -0.123. The van der Waals surface area contributed by atoms with E-state index >= 15 is 0 Å². The number of nitrogens with zero attached hydrogens (tertiary/aromatic N) is 2. The molecule has 1 aliphatic rings. The van der Waals surface area contributed by atoms with E-state index < -0.39 is 22.0 Å². The minimum atomic E-state index is -3.55. The fraction of sp³-hybridized carbons (Fsp3) is 0.350. The molecule has 27 heavy (non-hydrogen) atoms. The number of nitrogens with two attached hydrogens (primary N) is 1. The number of rotatable bonds is 5. The Bertz CT molecular complexity index is 882. The van der Waals surface area contributed by atoms with E-state index in [9.17, 15) is 13.2 Å². The Balaban J connectivity index is 1.78. The van der Waals surface area contributed by atoms with Crippen LogP contribution >= 0.6 is 0 Å². The van der Waals surface area contributed by atoms with E-state index in [0.717, 1.165) is 11.1 Å². The minimum Gasteiger partial charge on any atom is -0.368 e. The average molecular weight is 388 g/mol. The molecule has 1 amide bonds. The van der Waals surface area contributed by atoms with Gasteiger partial charge in [-0.3, -0.25) is 9.69 Å². The molecule has 1 aliphatic heterocycles. The molecule has 0 spiro atoms. The van der Waals surface area contributed by atoms with Gasteiger partial charge in [0.05, 0.1) is 4.90 Å². The normalized spacial score (nSPS) is 18.0. The Morgan fingerprint density at radius 1 is 0.963 bits per heavy atom. The van der Waals surface area contributed by atoms with Crippen LogP contribution in [0.3, 0.4) is 0 Å². The van der Waals surface area contributed by atoms with Gasteiger partial charge in [-0.2, -0.15) is 4.31 Å². The molecule has 1 saturated heterocycles. The number of amides is 1. The first-order chi connectivity index (χ1) is 12.9. The number of sulfonamides is 1. The van der Waals surface area contributed by atoms with Crippen LogP contribution in [0.5, 0.6) is 0 Å². The number of aryl methyl sites for hydroxylation is 1. The lowest BCUT2D eigenvalue weighted by Crippen LogP contribution is -2.40. The van der Waals surface area contributed by atoms with Crippen LogP contribution in [-0.2, 0) is 14.8 Å². The summed E-state index contributed by atoms with van der Waals surface area (Å²) < 4.78 is 27.4. The van der Waals surface area contributed by atoms with Crippen LogP contribution in [0.25, 0.3) is 0 Å². The van der Waals surface area contributed by atoms with Crippen LogP contribution in [0.15, 0.2) is 59.5 Å². The molecule has 1 heterocycles. The van der Waals surface area contributed by atoms with Crippen molar-refractivity contribution in [1.29, 1.82) is 0 Å². The average Bonchev–Trinajstić information content (AvgIpc) is 2.89. The summed E-state index contributed by atoms with van der Waals surface area (Å²) in [6.07, 6.45) is 0.641. The topological polar surface area (TPSA) is 83.7 Å². The molecule has 3 rings (SSSR count). The second-order valence-corrected chi connectivity index (χ2v) is 8.76. The van der Waals surface area contributed by atoms with Gasteiger partial charge in [-0.1, -0.05) is 48.0 Å². The molecule has 7 heteroatoms. The molecule has 6 nitrogen and oxygen atoms in total. The van der Waals surface area contributed by atoms with Gasteiger partial charge >= 0.3 is 0 Å². The third kappa shape index (κ3) is 4.37. The highest BCUT2D eigenvalue weighted by Gasteiger charge is 2.31. The molecule has 144 valence electrons. The lowest BCUT2D eigenvalue weighted by atomic mass is 10.0. The first kappa shape index (κ1) is 19.5. The molecule has 0 unspecified atom stereocenters. The molecule has 0 saturated carbocycles. The lowest BCUT2D eigenvalue weighted by Gasteiger charge is -2.28. The quantitative estimate of drug-likeness (QED) is 0.850. The summed E-state index contributed by atoms with van der Waals surface area (Å²) >= 11 is 0. The number of carbonyl (C=O) groups excluding carboxylic acids is 1. The maximum atomic E-state index is 12.9. The van der Waals surface area contributed by atoms with E-state index in [-0.39, 0.29) is 0 Å². The molecule has 1 atom stereocenters. The summed E-state index contributed by atoms with van der Waals surface area (Å²) in [7, 11) is -3.55. The van der Waals surface area contributed by atoms with Crippen LogP contribution in [0.2, 0.25) is 0 Å². The highest BCUT2D eigenvalue weighted by molar-refractivity contribution is 7.89. The summed E-state index contributed by atoms with van der Waals surface area (Å²) in [4.78, 5) is 14.4. The van der Waals surface area contributed by atoms with Gasteiger partial charge < -0.3 is 5.73 Å². The second kappa shape index (κ2) is 8.21. The SMILES string of the molecule is Cc1ccc(S(=O)(=O)N2CCCN([C@@H](C(N)=O)c3ccccc3)CC2)cc1. The van der Waals surface area contributed by atoms with E-state index in [0.29, 0.717) is 37.5 Å². The van der Waals surface area contributed by atoms with Crippen molar-refractivity contribution in [2.75, 3.05) is 26.2 Å². The number of carbonyl (C=O) groups is 1. The number of hydrogen-bond acceptors (Lipinski definition) is 4. The summed E-state index contributed by atoms with van der Waals surface area (Å²) in [5.74, 6) is -0.420. The predicted molar refractivity (Wildman–Crippen MR) is 105 cm³/mol. The van der Waals surface area contributed by atoms with Crippen molar-refractivity contribution in [2.45, 2.75) is 24.3 Å². The minimum absolute atomic E-state index is 0.302. The number of hydrogen-bond donors (Lipinski definition) is 1. The molecular formula is C20H25N3O3S. The van der Waals surface area contributed by atoms with Gasteiger partial charge in [0.2, 0.25) is 15.9 Å². The number of primary amides is 1. The van der Waals surface area contributed by atoms with Gasteiger partial charge in [0, 0.05) is 26.2 Å². The summed E-state index contributed by atoms with van der Waals surface area (Å²) in [6, 6.07) is 15.7. The Hall–Kier alpha value is -2.22. The smallest absolute Gasteiger partial charge is 0.243 e. The fourth-order valence-electron chi connectivity index (χ4n) is 3.46. The molecule has 1 fully saturated rings. The van der Waals surface area contributed by atoms with E-state index in [2.05, 4.69) is 0 Å². The molecule has 2 aromatic rings. The van der Waals surface area contributed by atoms with Gasteiger partial charge in [-0.25, -0.2) is 8.42 Å². The van der Waals surface area contributed by atoms with E-state index in [1.54, 1.807) is 24.3 Å². The van der Waals surface area contributed by atoms with Crippen molar-refractivity contribution in [1.82, 2.24) is 9.21 Å². The van der Waals surface area contributed by atoms with Crippen LogP contribution in [-0.4, -0.2) is 49.7 Å². The summed E-state index contributed by atoms with van der Waals surface area (Å²) in [5, 5.41) is 0. The fourth-order valence-corrected chi connectivity index (χ4v) is 4.93. The van der Waals surface area contributed by atoms with Crippen molar-refractivity contribution in [3.8, 4) is 0 Å². The summed E-state index contributed by atoms with van der Waals surface area (Å²) in [5.41, 5.74) is 7.51. The van der Waals surface area contributed by atoms with Crippen molar-refractivity contribution < 1.29 is 13.2 Å². The van der Waals surface area contributed by atoms with Crippen LogP contribution in [0, 0.1) is 6.92 Å². The van der Waals surface area contributed by atoms with Gasteiger partial charge in [-0.05, 0) is 31.0 Å². The third-order valence-electron chi connectivity index (χ3n) is 4.90. The summed E-state index contributed by atoms with van der Waals surface area (Å²) in [6.45, 7) is 3.74. The molecular weight excluding hydrogens is 362 g/mol. The van der Waals surface area contributed by atoms with Gasteiger partial charge in [-0.15, -0.1) is 0 Å².